The van der Waals surface area contributed by atoms with Gasteiger partial charge in [0, 0.05) is 30.1 Å². The molecule has 1 aliphatic heterocycles. The first-order chi connectivity index (χ1) is 10.0. The summed E-state index contributed by atoms with van der Waals surface area (Å²) in [5.74, 6) is -1.63. The smallest absolute Gasteiger partial charge is 0.316 e. The van der Waals surface area contributed by atoms with Crippen molar-refractivity contribution in [1.82, 2.24) is 4.90 Å². The molecule has 112 valence electrons. The molecule has 21 heavy (non-hydrogen) atoms. The Kier molecular flexibility index (Phi) is 4.96. The number of carbonyl (C=O) groups excluding carboxylic acids is 3. The average molecular weight is 310 g/mol. The molecule has 1 atom stereocenters. The van der Waals surface area contributed by atoms with Crippen LogP contribution in [0.15, 0.2) is 24.3 Å². The average Bonchev–Trinajstić information content (AvgIpc) is 2.68. The molecular weight excluding hydrogens is 294 g/mol. The van der Waals surface area contributed by atoms with E-state index in [0.717, 1.165) is 0 Å². The van der Waals surface area contributed by atoms with Crippen LogP contribution < -0.4 is 0 Å². The maximum atomic E-state index is 12.4. The molecule has 0 spiro atoms. The van der Waals surface area contributed by atoms with E-state index in [0.29, 0.717) is 30.1 Å². The fourth-order valence-electron chi connectivity index (χ4n) is 2.35. The number of likely N-dealkylation sites (tertiary alicyclic amines) is 1. The van der Waals surface area contributed by atoms with Gasteiger partial charge in [0.25, 0.3) is 5.91 Å². The predicted molar refractivity (Wildman–Crippen MR) is 77.1 cm³/mol. The predicted octanol–water partition coefficient (Wildman–Crippen LogP) is 1.93. The molecule has 0 N–H and O–H groups in total. The summed E-state index contributed by atoms with van der Waals surface area (Å²) in [5.41, 5.74) is 0.517. The zero-order chi connectivity index (χ0) is 15.4. The van der Waals surface area contributed by atoms with Crippen LogP contribution in [-0.2, 0) is 14.3 Å². The second-order valence-corrected chi connectivity index (χ2v) is 5.32. The summed E-state index contributed by atoms with van der Waals surface area (Å²) < 4.78 is 4.63. The Labute approximate surface area is 127 Å². The number of hydrogen-bond donors (Lipinski definition) is 0. The van der Waals surface area contributed by atoms with Gasteiger partial charge in [0.2, 0.25) is 0 Å². The molecule has 2 rings (SSSR count). The van der Waals surface area contributed by atoms with Crippen molar-refractivity contribution in [2.45, 2.75) is 12.8 Å². The third kappa shape index (κ3) is 3.61. The van der Waals surface area contributed by atoms with Gasteiger partial charge in [0.15, 0.2) is 0 Å². The molecule has 1 unspecified atom stereocenters. The zero-order valence-corrected chi connectivity index (χ0v) is 12.4. The molecule has 1 aromatic carbocycles. The van der Waals surface area contributed by atoms with Crippen LogP contribution in [0.3, 0.4) is 0 Å². The molecule has 6 heteroatoms. The lowest BCUT2D eigenvalue weighted by atomic mass is 10.00. The van der Waals surface area contributed by atoms with Crippen molar-refractivity contribution < 1.29 is 19.1 Å². The van der Waals surface area contributed by atoms with E-state index in [1.165, 1.54) is 7.11 Å². The number of ether oxygens (including phenoxy) is 1. The van der Waals surface area contributed by atoms with Crippen LogP contribution in [0.1, 0.15) is 23.2 Å². The number of benzene rings is 1. The molecule has 5 nitrogen and oxygen atoms in total. The Morgan fingerprint density at radius 3 is 2.52 bits per heavy atom. The summed E-state index contributed by atoms with van der Waals surface area (Å²) in [4.78, 5) is 37.4. The van der Waals surface area contributed by atoms with Crippen LogP contribution in [-0.4, -0.2) is 42.8 Å². The summed E-state index contributed by atoms with van der Waals surface area (Å²) in [6.45, 7) is 0.667. The summed E-state index contributed by atoms with van der Waals surface area (Å²) in [6.07, 6.45) is 0.462. The number of nitrogens with zero attached hydrogens (tertiary/aromatic N) is 1. The normalized spacial score (nSPS) is 19.0. The standard InChI is InChI=1S/C15H16ClNO4/c1-21-15(20)12-6-8-17(9-7-13(12)18)14(19)10-2-4-11(16)5-3-10/h2-5,12H,6-9H2,1H3. The van der Waals surface area contributed by atoms with Crippen molar-refractivity contribution in [3.8, 4) is 0 Å². The second kappa shape index (κ2) is 6.72. The maximum Gasteiger partial charge on any atom is 0.316 e. The maximum absolute atomic E-state index is 12.4. The molecule has 1 aromatic rings. The number of amides is 1. The fourth-order valence-corrected chi connectivity index (χ4v) is 2.47. The lowest BCUT2D eigenvalue weighted by Crippen LogP contribution is -2.32. The van der Waals surface area contributed by atoms with Crippen molar-refractivity contribution in [2.24, 2.45) is 5.92 Å². The number of Topliss-reactive ketones (excluding diaryl/α,β-unsaturated/α-hetero) is 1. The van der Waals surface area contributed by atoms with Crippen LogP contribution in [0.2, 0.25) is 5.02 Å². The van der Waals surface area contributed by atoms with Gasteiger partial charge < -0.3 is 9.64 Å². The molecule has 1 fully saturated rings. The Morgan fingerprint density at radius 1 is 1.24 bits per heavy atom. The van der Waals surface area contributed by atoms with Gasteiger partial charge in [-0.25, -0.2) is 0 Å². The van der Waals surface area contributed by atoms with Gasteiger partial charge in [0.1, 0.15) is 11.7 Å². The van der Waals surface area contributed by atoms with E-state index in [2.05, 4.69) is 4.74 Å². The third-order valence-electron chi connectivity index (χ3n) is 3.57. The van der Waals surface area contributed by atoms with Gasteiger partial charge in [0.05, 0.1) is 7.11 Å². The van der Waals surface area contributed by atoms with Gasteiger partial charge in [-0.1, -0.05) is 11.6 Å². The van der Waals surface area contributed by atoms with Gasteiger partial charge >= 0.3 is 5.97 Å². The van der Waals surface area contributed by atoms with E-state index in [1.807, 2.05) is 0 Å². The van der Waals surface area contributed by atoms with Crippen molar-refractivity contribution in [1.29, 1.82) is 0 Å². The number of hydrogen-bond acceptors (Lipinski definition) is 4. The Balaban J connectivity index is 2.08. The van der Waals surface area contributed by atoms with E-state index in [-0.39, 0.29) is 18.1 Å². The summed E-state index contributed by atoms with van der Waals surface area (Å²) in [7, 11) is 1.26. The van der Waals surface area contributed by atoms with Crippen LogP contribution in [0, 0.1) is 5.92 Å². The van der Waals surface area contributed by atoms with E-state index < -0.39 is 11.9 Å². The van der Waals surface area contributed by atoms with Crippen molar-refractivity contribution in [3.63, 3.8) is 0 Å². The van der Waals surface area contributed by atoms with Gasteiger partial charge in [-0.05, 0) is 30.7 Å². The molecule has 0 radical (unpaired) electrons. The molecular formula is C15H16ClNO4. The molecule has 1 saturated heterocycles. The number of esters is 1. The molecule has 1 heterocycles. The molecule has 1 amide bonds. The Hall–Kier alpha value is -1.88. The minimum Gasteiger partial charge on any atom is -0.468 e. The van der Waals surface area contributed by atoms with E-state index in [4.69, 9.17) is 11.6 Å². The lowest BCUT2D eigenvalue weighted by molar-refractivity contribution is -0.149. The number of methoxy groups -OCH3 is 1. The first kappa shape index (κ1) is 15.5. The van der Waals surface area contributed by atoms with Crippen molar-refractivity contribution in [3.05, 3.63) is 34.9 Å². The molecule has 0 aromatic heterocycles. The highest BCUT2D eigenvalue weighted by Crippen LogP contribution is 2.18. The van der Waals surface area contributed by atoms with Crippen LogP contribution in [0.4, 0.5) is 0 Å². The topological polar surface area (TPSA) is 63.7 Å². The van der Waals surface area contributed by atoms with Crippen LogP contribution in [0.25, 0.3) is 0 Å². The monoisotopic (exact) mass is 309 g/mol. The lowest BCUT2D eigenvalue weighted by Gasteiger charge is -2.20. The molecule has 0 saturated carbocycles. The fraction of sp³-hybridized carbons (Fsp3) is 0.400. The number of rotatable bonds is 2. The van der Waals surface area contributed by atoms with Gasteiger partial charge in [-0.15, -0.1) is 0 Å². The van der Waals surface area contributed by atoms with Crippen LogP contribution >= 0.6 is 11.6 Å². The van der Waals surface area contributed by atoms with E-state index in [1.54, 1.807) is 29.2 Å². The zero-order valence-electron chi connectivity index (χ0n) is 11.7. The largest absolute Gasteiger partial charge is 0.468 e. The van der Waals surface area contributed by atoms with Crippen molar-refractivity contribution in [2.75, 3.05) is 20.2 Å². The summed E-state index contributed by atoms with van der Waals surface area (Å²) in [5, 5.41) is 0.559. The number of carbonyl (C=O) groups is 3. The SMILES string of the molecule is COC(=O)C1CCN(C(=O)c2ccc(Cl)cc2)CCC1=O. The molecule has 0 aliphatic carbocycles. The number of halogens is 1. The van der Waals surface area contributed by atoms with Gasteiger partial charge in [-0.3, -0.25) is 14.4 Å². The van der Waals surface area contributed by atoms with Crippen LogP contribution in [0.5, 0.6) is 0 Å². The van der Waals surface area contributed by atoms with Gasteiger partial charge in [-0.2, -0.15) is 0 Å². The quantitative estimate of drug-likeness (QED) is 0.618. The molecule has 1 aliphatic rings. The summed E-state index contributed by atoms with van der Waals surface area (Å²) >= 11 is 5.80. The van der Waals surface area contributed by atoms with Crippen molar-refractivity contribution >= 4 is 29.3 Å². The summed E-state index contributed by atoms with van der Waals surface area (Å²) in [6, 6.07) is 6.59. The highest BCUT2D eigenvalue weighted by atomic mass is 35.5. The highest BCUT2D eigenvalue weighted by Gasteiger charge is 2.32. The Morgan fingerprint density at radius 2 is 1.90 bits per heavy atom. The third-order valence-corrected chi connectivity index (χ3v) is 3.82. The molecule has 0 bridgehead atoms. The number of ketones is 1. The first-order valence-electron chi connectivity index (χ1n) is 6.68. The minimum absolute atomic E-state index is 0.162. The Bertz CT molecular complexity index is 555. The second-order valence-electron chi connectivity index (χ2n) is 4.88. The first-order valence-corrected chi connectivity index (χ1v) is 7.06. The minimum atomic E-state index is -0.766. The van der Waals surface area contributed by atoms with E-state index >= 15 is 0 Å². The highest BCUT2D eigenvalue weighted by molar-refractivity contribution is 6.30. The van der Waals surface area contributed by atoms with E-state index in [9.17, 15) is 14.4 Å².